The number of nitrogens with zero attached hydrogens (tertiary/aromatic N) is 1. The van der Waals surface area contributed by atoms with Crippen LogP contribution in [0.3, 0.4) is 0 Å². The van der Waals surface area contributed by atoms with Gasteiger partial charge in [0.2, 0.25) is 0 Å². The second-order valence-electron chi connectivity index (χ2n) is 4.85. The summed E-state index contributed by atoms with van der Waals surface area (Å²) in [6, 6.07) is 9.72. The Balaban J connectivity index is 2.77. The first-order valence-electron chi connectivity index (χ1n) is 6.90. The number of halogens is 1. The van der Waals surface area contributed by atoms with E-state index in [1.165, 1.54) is 6.20 Å². The van der Waals surface area contributed by atoms with Gasteiger partial charge in [0, 0.05) is 24.3 Å². The fourth-order valence-corrected chi connectivity index (χ4v) is 1.93. The first-order chi connectivity index (χ1) is 10.1. The Morgan fingerprint density at radius 3 is 2.76 bits per heavy atom. The summed E-state index contributed by atoms with van der Waals surface area (Å²) in [6.07, 6.45) is 2.12. The average Bonchev–Trinajstić information content (AvgIpc) is 2.48. The molecule has 1 amide bonds. The van der Waals surface area contributed by atoms with E-state index in [1.807, 2.05) is 30.3 Å². The van der Waals surface area contributed by atoms with Crippen molar-refractivity contribution in [3.05, 3.63) is 41.6 Å². The van der Waals surface area contributed by atoms with Crippen LogP contribution in [0.4, 0.5) is 5.69 Å². The first-order valence-corrected chi connectivity index (χ1v) is 7.43. The van der Waals surface area contributed by atoms with E-state index in [4.69, 9.17) is 16.9 Å². The average molecular weight is 306 g/mol. The maximum Gasteiger partial charge on any atom is 0.263 e. The van der Waals surface area contributed by atoms with Gasteiger partial charge in [-0.15, -0.1) is 11.6 Å². The summed E-state index contributed by atoms with van der Waals surface area (Å²) in [5.74, 6) is 0.439. The molecule has 0 aliphatic heterocycles. The largest absolute Gasteiger partial charge is 0.360 e. The standard InChI is InChI=1S/C16H20ClN3O/c1-12(2)14-6-3-4-7-15(14)20-11-13(10-18)16(21)19-9-5-8-17/h3-4,6-7,11-12,20H,5,8-9H2,1-2H3,(H,19,21)/b13-11-. The Morgan fingerprint density at radius 2 is 2.14 bits per heavy atom. The zero-order valence-corrected chi connectivity index (χ0v) is 13.1. The molecule has 0 bridgehead atoms. The van der Waals surface area contributed by atoms with Gasteiger partial charge in [-0.25, -0.2) is 0 Å². The molecule has 0 heterocycles. The Hall–Kier alpha value is -1.99. The molecule has 0 fully saturated rings. The maximum atomic E-state index is 11.8. The summed E-state index contributed by atoms with van der Waals surface area (Å²) in [4.78, 5) is 11.8. The predicted octanol–water partition coefficient (Wildman–Crippen LogP) is 3.37. The molecule has 112 valence electrons. The number of rotatable bonds is 7. The van der Waals surface area contributed by atoms with E-state index in [0.29, 0.717) is 24.8 Å². The van der Waals surface area contributed by atoms with Crippen LogP contribution in [0.2, 0.25) is 0 Å². The van der Waals surface area contributed by atoms with Crippen LogP contribution in [0.15, 0.2) is 36.0 Å². The summed E-state index contributed by atoms with van der Waals surface area (Å²) in [7, 11) is 0. The van der Waals surface area contributed by atoms with Crippen molar-refractivity contribution in [3.63, 3.8) is 0 Å². The molecule has 2 N–H and O–H groups in total. The molecule has 4 nitrogen and oxygen atoms in total. The number of benzene rings is 1. The molecule has 1 rings (SSSR count). The van der Waals surface area contributed by atoms with E-state index in [2.05, 4.69) is 24.5 Å². The number of nitriles is 1. The van der Waals surface area contributed by atoms with Crippen molar-refractivity contribution < 1.29 is 4.79 Å². The third kappa shape index (κ3) is 5.49. The van der Waals surface area contributed by atoms with Crippen molar-refractivity contribution in [2.45, 2.75) is 26.2 Å². The van der Waals surface area contributed by atoms with E-state index in [1.54, 1.807) is 0 Å². The highest BCUT2D eigenvalue weighted by atomic mass is 35.5. The number of anilines is 1. The lowest BCUT2D eigenvalue weighted by atomic mass is 10.0. The molecule has 0 saturated heterocycles. The number of amides is 1. The number of carbonyl (C=O) groups is 1. The Kier molecular flexibility index (Phi) is 7.34. The van der Waals surface area contributed by atoms with Gasteiger partial charge in [-0.2, -0.15) is 5.26 Å². The van der Waals surface area contributed by atoms with E-state index in [9.17, 15) is 4.79 Å². The minimum absolute atomic E-state index is 0.0446. The quantitative estimate of drug-likeness (QED) is 0.351. The van der Waals surface area contributed by atoms with Gasteiger partial charge in [-0.3, -0.25) is 4.79 Å². The molecule has 21 heavy (non-hydrogen) atoms. The fraction of sp³-hybridized carbons (Fsp3) is 0.375. The van der Waals surface area contributed by atoms with Crippen molar-refractivity contribution in [1.82, 2.24) is 5.32 Å². The van der Waals surface area contributed by atoms with Gasteiger partial charge in [0.05, 0.1) is 0 Å². The Labute approximate surface area is 130 Å². The number of nitrogens with one attached hydrogen (secondary N) is 2. The molecule has 0 radical (unpaired) electrons. The fourth-order valence-electron chi connectivity index (χ4n) is 1.79. The predicted molar refractivity (Wildman–Crippen MR) is 86.2 cm³/mol. The van der Waals surface area contributed by atoms with E-state index in [0.717, 1.165) is 11.3 Å². The monoisotopic (exact) mass is 305 g/mol. The summed E-state index contributed by atoms with van der Waals surface area (Å²) < 4.78 is 0. The van der Waals surface area contributed by atoms with Crippen molar-refractivity contribution in [2.24, 2.45) is 0 Å². The van der Waals surface area contributed by atoms with Gasteiger partial charge in [0.1, 0.15) is 11.6 Å². The molecule has 1 aromatic rings. The van der Waals surface area contributed by atoms with Crippen LogP contribution in [0.25, 0.3) is 0 Å². The SMILES string of the molecule is CC(C)c1ccccc1N/C=C(/C#N)C(=O)NCCCCl. The summed E-state index contributed by atoms with van der Waals surface area (Å²) >= 11 is 5.54. The lowest BCUT2D eigenvalue weighted by Crippen LogP contribution is -2.26. The number of hydrogen-bond acceptors (Lipinski definition) is 3. The van der Waals surface area contributed by atoms with Gasteiger partial charge in [-0.1, -0.05) is 32.0 Å². The van der Waals surface area contributed by atoms with Crippen molar-refractivity contribution in [2.75, 3.05) is 17.7 Å². The molecule has 0 aromatic heterocycles. The normalized spacial score (nSPS) is 11.1. The van der Waals surface area contributed by atoms with Crippen LogP contribution in [-0.2, 0) is 4.79 Å². The van der Waals surface area contributed by atoms with Gasteiger partial charge >= 0.3 is 0 Å². The van der Waals surface area contributed by atoms with Gasteiger partial charge < -0.3 is 10.6 Å². The van der Waals surface area contributed by atoms with Gasteiger partial charge in [0.25, 0.3) is 5.91 Å². The topological polar surface area (TPSA) is 64.9 Å². The summed E-state index contributed by atoms with van der Waals surface area (Å²) in [6.45, 7) is 4.65. The van der Waals surface area contributed by atoms with Gasteiger partial charge in [0.15, 0.2) is 0 Å². The molecule has 0 saturated carbocycles. The van der Waals surface area contributed by atoms with E-state index >= 15 is 0 Å². The highest BCUT2D eigenvalue weighted by Crippen LogP contribution is 2.23. The molecule has 0 atom stereocenters. The van der Waals surface area contributed by atoms with E-state index < -0.39 is 5.91 Å². The highest BCUT2D eigenvalue weighted by Gasteiger charge is 2.09. The summed E-state index contributed by atoms with van der Waals surface area (Å²) in [5.41, 5.74) is 2.07. The number of alkyl halides is 1. The minimum atomic E-state index is -0.392. The van der Waals surface area contributed by atoms with Crippen LogP contribution in [0, 0.1) is 11.3 Å². The number of carbonyl (C=O) groups excluding carboxylic acids is 1. The minimum Gasteiger partial charge on any atom is -0.360 e. The zero-order valence-electron chi connectivity index (χ0n) is 12.3. The third-order valence-corrected chi connectivity index (χ3v) is 3.18. The van der Waals surface area contributed by atoms with Crippen LogP contribution in [0.5, 0.6) is 0 Å². The second-order valence-corrected chi connectivity index (χ2v) is 5.23. The highest BCUT2D eigenvalue weighted by molar-refractivity contribution is 6.17. The molecule has 0 aliphatic carbocycles. The molecule has 0 unspecified atom stereocenters. The number of hydrogen-bond donors (Lipinski definition) is 2. The van der Waals surface area contributed by atoms with Crippen LogP contribution in [-0.4, -0.2) is 18.3 Å². The lowest BCUT2D eigenvalue weighted by molar-refractivity contribution is -0.117. The number of para-hydroxylation sites is 1. The lowest BCUT2D eigenvalue weighted by Gasteiger charge is -2.12. The molecule has 5 heteroatoms. The molecule has 1 aromatic carbocycles. The molecular weight excluding hydrogens is 286 g/mol. The van der Waals surface area contributed by atoms with Gasteiger partial charge in [-0.05, 0) is 24.0 Å². The van der Waals surface area contributed by atoms with Crippen molar-refractivity contribution >= 4 is 23.2 Å². The summed E-state index contributed by atoms with van der Waals surface area (Å²) in [5, 5.41) is 14.8. The molecule has 0 aliphatic rings. The first kappa shape index (κ1) is 17.1. The Bertz CT molecular complexity index is 547. The molecular formula is C16H20ClN3O. The van der Waals surface area contributed by atoms with E-state index in [-0.39, 0.29) is 5.57 Å². The third-order valence-electron chi connectivity index (χ3n) is 2.92. The van der Waals surface area contributed by atoms with Crippen molar-refractivity contribution in [3.8, 4) is 6.07 Å². The van der Waals surface area contributed by atoms with Crippen molar-refractivity contribution in [1.29, 1.82) is 5.26 Å². The van der Waals surface area contributed by atoms with Crippen LogP contribution < -0.4 is 10.6 Å². The maximum absolute atomic E-state index is 11.8. The zero-order chi connectivity index (χ0) is 15.7. The van der Waals surface area contributed by atoms with Crippen LogP contribution in [0.1, 0.15) is 31.7 Å². The second kappa shape index (κ2) is 9.04. The van der Waals surface area contributed by atoms with Crippen LogP contribution >= 0.6 is 11.6 Å². The Morgan fingerprint density at radius 1 is 1.43 bits per heavy atom. The molecule has 0 spiro atoms. The smallest absolute Gasteiger partial charge is 0.263 e.